The third kappa shape index (κ3) is 4.15. The van der Waals surface area contributed by atoms with E-state index in [0.717, 1.165) is 37.7 Å². The summed E-state index contributed by atoms with van der Waals surface area (Å²) in [6.07, 6.45) is 2.02. The minimum atomic E-state index is 0.0206. The zero-order valence-electron chi connectivity index (χ0n) is 12.9. The summed E-state index contributed by atoms with van der Waals surface area (Å²) in [5.74, 6) is 1.90. The summed E-state index contributed by atoms with van der Waals surface area (Å²) in [6, 6.07) is 6.48. The second-order valence-electron chi connectivity index (χ2n) is 6.16. The lowest BCUT2D eigenvalue weighted by Gasteiger charge is -2.23. The summed E-state index contributed by atoms with van der Waals surface area (Å²) in [6.45, 7) is 8.07. The Kier molecular flexibility index (Phi) is 4.53. The van der Waals surface area contributed by atoms with E-state index >= 15 is 0 Å². The van der Waals surface area contributed by atoms with Crippen molar-refractivity contribution >= 4 is 5.96 Å². The molecular weight excluding hydrogens is 250 g/mol. The van der Waals surface area contributed by atoms with Gasteiger partial charge in [-0.25, -0.2) is 0 Å². The fraction of sp³-hybridized carbons (Fsp3) is 0.562. The van der Waals surface area contributed by atoms with Crippen molar-refractivity contribution in [2.24, 2.45) is 4.99 Å². The first-order valence-electron chi connectivity index (χ1n) is 7.21. The number of hydrogen-bond donors (Lipinski definition) is 2. The van der Waals surface area contributed by atoms with E-state index in [4.69, 9.17) is 4.74 Å². The van der Waals surface area contributed by atoms with Gasteiger partial charge in [0.15, 0.2) is 5.96 Å². The average molecular weight is 275 g/mol. The molecule has 1 aliphatic heterocycles. The summed E-state index contributed by atoms with van der Waals surface area (Å²) in [4.78, 5) is 4.24. The summed E-state index contributed by atoms with van der Waals surface area (Å²) in [7, 11) is 1.80. The average Bonchev–Trinajstić information content (AvgIpc) is 2.83. The summed E-state index contributed by atoms with van der Waals surface area (Å²) in [5, 5.41) is 6.70. The quantitative estimate of drug-likeness (QED) is 0.656. The highest BCUT2D eigenvalue weighted by Gasteiger charge is 2.13. The molecule has 1 aromatic rings. The number of aliphatic imine (C=N–C) groups is 1. The van der Waals surface area contributed by atoms with Gasteiger partial charge in [-0.2, -0.15) is 0 Å². The van der Waals surface area contributed by atoms with Gasteiger partial charge in [-0.05, 0) is 44.4 Å². The Morgan fingerprint density at radius 3 is 2.85 bits per heavy atom. The molecular formula is C16H25N3O. The smallest absolute Gasteiger partial charge is 0.191 e. The fourth-order valence-corrected chi connectivity index (χ4v) is 2.26. The Labute approximate surface area is 121 Å². The molecule has 0 radical (unpaired) electrons. The van der Waals surface area contributed by atoms with Crippen LogP contribution in [0, 0.1) is 0 Å². The van der Waals surface area contributed by atoms with Gasteiger partial charge < -0.3 is 15.4 Å². The molecule has 0 aliphatic carbocycles. The zero-order chi connectivity index (χ0) is 14.6. The van der Waals surface area contributed by atoms with Gasteiger partial charge in [0.1, 0.15) is 5.75 Å². The molecule has 0 amide bonds. The fourth-order valence-electron chi connectivity index (χ4n) is 2.26. The van der Waals surface area contributed by atoms with Gasteiger partial charge in [0.2, 0.25) is 0 Å². The lowest BCUT2D eigenvalue weighted by atomic mass is 10.1. The minimum absolute atomic E-state index is 0.0206. The second kappa shape index (κ2) is 6.16. The van der Waals surface area contributed by atoms with Crippen molar-refractivity contribution in [2.75, 3.05) is 20.2 Å². The number of hydrogen-bond acceptors (Lipinski definition) is 2. The van der Waals surface area contributed by atoms with Crippen LogP contribution in [0.4, 0.5) is 0 Å². The van der Waals surface area contributed by atoms with Crippen LogP contribution in [0.2, 0.25) is 0 Å². The van der Waals surface area contributed by atoms with Crippen molar-refractivity contribution < 1.29 is 4.74 Å². The molecule has 0 bridgehead atoms. The molecule has 110 valence electrons. The van der Waals surface area contributed by atoms with Crippen LogP contribution in [0.5, 0.6) is 5.75 Å². The topological polar surface area (TPSA) is 45.7 Å². The van der Waals surface area contributed by atoms with Crippen LogP contribution >= 0.6 is 0 Å². The lowest BCUT2D eigenvalue weighted by Crippen LogP contribution is -2.48. The van der Waals surface area contributed by atoms with E-state index in [1.807, 2.05) is 0 Å². The minimum Gasteiger partial charge on any atom is -0.493 e. The Hall–Kier alpha value is -1.71. The van der Waals surface area contributed by atoms with Gasteiger partial charge in [-0.15, -0.1) is 0 Å². The van der Waals surface area contributed by atoms with Gasteiger partial charge >= 0.3 is 0 Å². The molecule has 0 fully saturated rings. The first kappa shape index (κ1) is 14.7. The summed E-state index contributed by atoms with van der Waals surface area (Å²) < 4.78 is 5.52. The van der Waals surface area contributed by atoms with Gasteiger partial charge in [0.25, 0.3) is 0 Å². The van der Waals surface area contributed by atoms with Crippen LogP contribution in [0.3, 0.4) is 0 Å². The third-order valence-electron chi connectivity index (χ3n) is 3.18. The van der Waals surface area contributed by atoms with E-state index in [1.165, 1.54) is 11.1 Å². The third-order valence-corrected chi connectivity index (χ3v) is 3.18. The molecule has 1 aromatic carbocycles. The van der Waals surface area contributed by atoms with E-state index in [1.54, 1.807) is 7.05 Å². The van der Waals surface area contributed by atoms with Crippen LogP contribution in [0.1, 0.15) is 31.9 Å². The van der Waals surface area contributed by atoms with Crippen molar-refractivity contribution in [1.29, 1.82) is 0 Å². The van der Waals surface area contributed by atoms with Crippen molar-refractivity contribution in [2.45, 2.75) is 39.2 Å². The largest absolute Gasteiger partial charge is 0.493 e. The van der Waals surface area contributed by atoms with Crippen LogP contribution in [-0.2, 0) is 12.8 Å². The predicted molar refractivity (Wildman–Crippen MR) is 83.6 cm³/mol. The van der Waals surface area contributed by atoms with E-state index in [-0.39, 0.29) is 5.54 Å². The molecule has 1 heterocycles. The lowest BCUT2D eigenvalue weighted by molar-refractivity contribution is 0.357. The molecule has 0 saturated heterocycles. The molecule has 0 aromatic heterocycles. The normalized spacial score (nSPS) is 14.7. The predicted octanol–water partition coefficient (Wildman–Crippen LogP) is 2.13. The van der Waals surface area contributed by atoms with Gasteiger partial charge in [0, 0.05) is 25.6 Å². The highest BCUT2D eigenvalue weighted by atomic mass is 16.5. The molecule has 4 heteroatoms. The first-order valence-corrected chi connectivity index (χ1v) is 7.21. The highest BCUT2D eigenvalue weighted by Crippen LogP contribution is 2.25. The second-order valence-corrected chi connectivity index (χ2v) is 6.16. The molecule has 2 rings (SSSR count). The van der Waals surface area contributed by atoms with E-state index < -0.39 is 0 Å². The van der Waals surface area contributed by atoms with Crippen molar-refractivity contribution in [3.63, 3.8) is 0 Å². The number of benzene rings is 1. The SMILES string of the molecule is CN=C(NCCc1ccc2c(c1)CCO2)NC(C)(C)C. The molecule has 20 heavy (non-hydrogen) atoms. The summed E-state index contributed by atoms with van der Waals surface area (Å²) >= 11 is 0. The molecule has 2 N–H and O–H groups in total. The van der Waals surface area contributed by atoms with E-state index in [0.29, 0.717) is 0 Å². The van der Waals surface area contributed by atoms with E-state index in [9.17, 15) is 0 Å². The van der Waals surface area contributed by atoms with Gasteiger partial charge in [-0.1, -0.05) is 12.1 Å². The van der Waals surface area contributed by atoms with Crippen LogP contribution in [0.25, 0.3) is 0 Å². The van der Waals surface area contributed by atoms with Crippen molar-refractivity contribution in [1.82, 2.24) is 10.6 Å². The van der Waals surface area contributed by atoms with Gasteiger partial charge in [-0.3, -0.25) is 4.99 Å². The molecule has 0 unspecified atom stereocenters. The van der Waals surface area contributed by atoms with Crippen LogP contribution in [-0.4, -0.2) is 31.7 Å². The maximum absolute atomic E-state index is 5.52. The Morgan fingerprint density at radius 2 is 2.15 bits per heavy atom. The number of fused-ring (bicyclic) bond motifs is 1. The Balaban J connectivity index is 1.83. The zero-order valence-corrected chi connectivity index (χ0v) is 12.9. The maximum atomic E-state index is 5.52. The monoisotopic (exact) mass is 275 g/mol. The van der Waals surface area contributed by atoms with E-state index in [2.05, 4.69) is 54.6 Å². The number of nitrogens with one attached hydrogen (secondary N) is 2. The molecule has 4 nitrogen and oxygen atoms in total. The van der Waals surface area contributed by atoms with Crippen LogP contribution < -0.4 is 15.4 Å². The number of ether oxygens (including phenoxy) is 1. The van der Waals surface area contributed by atoms with Gasteiger partial charge in [0.05, 0.1) is 6.61 Å². The number of guanidine groups is 1. The Bertz CT molecular complexity index is 489. The molecule has 0 saturated carbocycles. The summed E-state index contributed by atoms with van der Waals surface area (Å²) in [5.41, 5.74) is 2.69. The molecule has 0 atom stereocenters. The van der Waals surface area contributed by atoms with Crippen molar-refractivity contribution in [3.05, 3.63) is 29.3 Å². The number of nitrogens with zero attached hydrogens (tertiary/aromatic N) is 1. The van der Waals surface area contributed by atoms with Crippen molar-refractivity contribution in [3.8, 4) is 5.75 Å². The molecule has 1 aliphatic rings. The standard InChI is InChI=1S/C16H25N3O/c1-16(2,3)19-15(17-4)18-9-7-12-5-6-14-13(11-12)8-10-20-14/h5-6,11H,7-10H2,1-4H3,(H2,17,18,19). The molecule has 0 spiro atoms. The maximum Gasteiger partial charge on any atom is 0.191 e. The first-order chi connectivity index (χ1) is 9.48. The Morgan fingerprint density at radius 1 is 1.35 bits per heavy atom. The number of rotatable bonds is 3. The van der Waals surface area contributed by atoms with Crippen LogP contribution in [0.15, 0.2) is 23.2 Å². The highest BCUT2D eigenvalue weighted by molar-refractivity contribution is 5.80.